The summed E-state index contributed by atoms with van der Waals surface area (Å²) in [6, 6.07) is 5.68. The van der Waals surface area contributed by atoms with Gasteiger partial charge in [-0.05, 0) is 18.1 Å². The third-order valence-electron chi connectivity index (χ3n) is 4.30. The monoisotopic (exact) mass is 380 g/mol. The molecule has 2 rings (SSSR count). The Labute approximate surface area is 153 Å². The van der Waals surface area contributed by atoms with Crippen molar-refractivity contribution in [2.45, 2.75) is 31.2 Å². The number of carbonyl (C=O) groups excluding carboxylic acids is 2. The molecule has 0 radical (unpaired) electrons. The predicted octanol–water partition coefficient (Wildman–Crippen LogP) is 0.344. The van der Waals surface area contributed by atoms with Gasteiger partial charge in [0, 0.05) is 19.7 Å². The highest BCUT2D eigenvalue weighted by atomic mass is 32.2. The minimum atomic E-state index is -3.67. The first-order chi connectivity index (χ1) is 12.2. The SMILES string of the molecule is CC[C@H](C)[C@H](N=C1NS(=O)(=O)c2ccccc21)C(=O)NCC(=O)N(C)C. The topological polar surface area (TPSA) is 108 Å². The van der Waals surface area contributed by atoms with Gasteiger partial charge in [0.2, 0.25) is 11.8 Å². The molecule has 1 aromatic rings. The van der Waals surface area contributed by atoms with Crippen molar-refractivity contribution < 1.29 is 18.0 Å². The molecule has 0 fully saturated rings. The summed E-state index contributed by atoms with van der Waals surface area (Å²) in [6.45, 7) is 3.65. The molecule has 142 valence electrons. The number of likely N-dealkylation sites (N-methyl/N-ethyl adjacent to an activating group) is 1. The van der Waals surface area contributed by atoms with Crippen molar-refractivity contribution in [1.29, 1.82) is 0 Å². The molecule has 1 aromatic carbocycles. The molecule has 1 aliphatic heterocycles. The highest BCUT2D eigenvalue weighted by Gasteiger charge is 2.33. The normalized spacial score (nSPS) is 18.5. The molecule has 9 heteroatoms. The van der Waals surface area contributed by atoms with E-state index in [0.29, 0.717) is 12.0 Å². The molecule has 0 unspecified atom stereocenters. The van der Waals surface area contributed by atoms with Crippen LogP contribution in [-0.2, 0) is 19.6 Å². The number of nitrogens with zero attached hydrogens (tertiary/aromatic N) is 2. The number of nitrogens with one attached hydrogen (secondary N) is 2. The fraction of sp³-hybridized carbons (Fsp3) is 0.471. The molecule has 2 amide bonds. The number of amides is 2. The van der Waals surface area contributed by atoms with E-state index < -0.39 is 22.0 Å². The summed E-state index contributed by atoms with van der Waals surface area (Å²) in [5.41, 5.74) is 0.443. The Bertz CT molecular complexity index is 833. The first kappa shape index (κ1) is 19.9. The van der Waals surface area contributed by atoms with Crippen molar-refractivity contribution >= 4 is 27.7 Å². The average Bonchev–Trinajstić information content (AvgIpc) is 2.87. The first-order valence-corrected chi connectivity index (χ1v) is 9.83. The van der Waals surface area contributed by atoms with Crippen molar-refractivity contribution in [2.75, 3.05) is 20.6 Å². The lowest BCUT2D eigenvalue weighted by Gasteiger charge is -2.20. The van der Waals surface area contributed by atoms with Gasteiger partial charge in [0.15, 0.2) is 0 Å². The standard InChI is InChI=1S/C17H24N4O4S/c1-5-11(2)15(17(23)18-10-14(22)21(3)4)19-16-12-8-6-7-9-13(12)26(24,25)20-16/h6-9,11,15H,5,10H2,1-4H3,(H,18,23)(H,19,20)/t11-,15-/m0/s1. The molecule has 0 aromatic heterocycles. The molecule has 2 N–H and O–H groups in total. The van der Waals surface area contributed by atoms with Crippen LogP contribution in [0.4, 0.5) is 0 Å². The molecule has 8 nitrogen and oxygen atoms in total. The van der Waals surface area contributed by atoms with Crippen LogP contribution >= 0.6 is 0 Å². The summed E-state index contributed by atoms with van der Waals surface area (Å²) < 4.78 is 26.8. The Morgan fingerprint density at radius 1 is 1.27 bits per heavy atom. The van der Waals surface area contributed by atoms with Gasteiger partial charge < -0.3 is 10.2 Å². The van der Waals surface area contributed by atoms with Crippen LogP contribution in [0.25, 0.3) is 0 Å². The molecule has 1 aliphatic rings. The second kappa shape index (κ2) is 7.86. The first-order valence-electron chi connectivity index (χ1n) is 8.35. The van der Waals surface area contributed by atoms with Crippen LogP contribution in [0.2, 0.25) is 0 Å². The van der Waals surface area contributed by atoms with E-state index in [4.69, 9.17) is 0 Å². The predicted molar refractivity (Wildman–Crippen MR) is 98.2 cm³/mol. The molecule has 2 atom stereocenters. The van der Waals surface area contributed by atoms with Gasteiger partial charge in [0.25, 0.3) is 10.0 Å². The number of hydrogen-bond acceptors (Lipinski definition) is 5. The lowest BCUT2D eigenvalue weighted by Crippen LogP contribution is -2.43. The maximum absolute atomic E-state index is 12.6. The Morgan fingerprint density at radius 2 is 1.92 bits per heavy atom. The van der Waals surface area contributed by atoms with E-state index in [2.05, 4.69) is 15.0 Å². The molecule has 0 spiro atoms. The maximum Gasteiger partial charge on any atom is 0.263 e. The summed E-state index contributed by atoms with van der Waals surface area (Å²) in [7, 11) is -0.464. The Kier molecular flexibility index (Phi) is 6.01. The Hall–Kier alpha value is -2.42. The van der Waals surface area contributed by atoms with Crippen LogP contribution in [0.15, 0.2) is 34.2 Å². The van der Waals surface area contributed by atoms with Gasteiger partial charge >= 0.3 is 0 Å². The zero-order chi connectivity index (χ0) is 19.5. The van der Waals surface area contributed by atoms with E-state index in [1.807, 2.05) is 13.8 Å². The lowest BCUT2D eigenvalue weighted by molar-refractivity contribution is -0.131. The van der Waals surface area contributed by atoms with Gasteiger partial charge in [0.05, 0.1) is 11.4 Å². The maximum atomic E-state index is 12.6. The third kappa shape index (κ3) is 4.21. The van der Waals surface area contributed by atoms with E-state index >= 15 is 0 Å². The Balaban J connectivity index is 2.30. The summed E-state index contributed by atoms with van der Waals surface area (Å²) in [4.78, 5) is 30.2. The summed E-state index contributed by atoms with van der Waals surface area (Å²) >= 11 is 0. The summed E-state index contributed by atoms with van der Waals surface area (Å²) in [5, 5.41) is 2.58. The van der Waals surface area contributed by atoms with Gasteiger partial charge in [-0.2, -0.15) is 0 Å². The second-order valence-electron chi connectivity index (χ2n) is 6.42. The third-order valence-corrected chi connectivity index (χ3v) is 5.69. The molecule has 1 heterocycles. The minimum Gasteiger partial charge on any atom is -0.347 e. The van der Waals surface area contributed by atoms with Crippen LogP contribution in [0.3, 0.4) is 0 Å². The summed E-state index contributed by atoms with van der Waals surface area (Å²) in [6.07, 6.45) is 0.672. The largest absolute Gasteiger partial charge is 0.347 e. The van der Waals surface area contributed by atoms with Crippen molar-refractivity contribution in [3.05, 3.63) is 29.8 Å². The van der Waals surface area contributed by atoms with Crippen molar-refractivity contribution in [2.24, 2.45) is 10.9 Å². The van der Waals surface area contributed by atoms with E-state index in [1.165, 1.54) is 11.0 Å². The van der Waals surface area contributed by atoms with E-state index in [9.17, 15) is 18.0 Å². The number of sulfonamides is 1. The number of aliphatic imine (C=N–C) groups is 1. The highest BCUT2D eigenvalue weighted by molar-refractivity contribution is 7.90. The number of carbonyl (C=O) groups is 2. The molecule has 0 aliphatic carbocycles. The van der Waals surface area contributed by atoms with Crippen LogP contribution in [0.5, 0.6) is 0 Å². The van der Waals surface area contributed by atoms with Crippen LogP contribution in [0, 0.1) is 5.92 Å². The van der Waals surface area contributed by atoms with Gasteiger partial charge in [-0.25, -0.2) is 8.42 Å². The van der Waals surface area contributed by atoms with Gasteiger partial charge in [0.1, 0.15) is 11.9 Å². The van der Waals surface area contributed by atoms with Crippen LogP contribution in [0.1, 0.15) is 25.8 Å². The number of amidine groups is 1. The molecule has 26 heavy (non-hydrogen) atoms. The molecular weight excluding hydrogens is 356 g/mol. The number of rotatable bonds is 6. The average molecular weight is 380 g/mol. The lowest BCUT2D eigenvalue weighted by atomic mass is 9.98. The van der Waals surface area contributed by atoms with Crippen molar-refractivity contribution in [3.8, 4) is 0 Å². The number of benzene rings is 1. The van der Waals surface area contributed by atoms with Gasteiger partial charge in [-0.3, -0.25) is 19.3 Å². The quantitative estimate of drug-likeness (QED) is 0.742. The van der Waals surface area contributed by atoms with E-state index in [0.717, 1.165) is 0 Å². The minimum absolute atomic E-state index is 0.130. The second-order valence-corrected chi connectivity index (χ2v) is 8.07. The van der Waals surface area contributed by atoms with Gasteiger partial charge in [-0.15, -0.1) is 0 Å². The van der Waals surface area contributed by atoms with Crippen molar-refractivity contribution in [3.63, 3.8) is 0 Å². The Morgan fingerprint density at radius 3 is 2.54 bits per heavy atom. The molecule has 0 saturated heterocycles. The van der Waals surface area contributed by atoms with E-state index in [-0.39, 0.29) is 29.1 Å². The van der Waals surface area contributed by atoms with Crippen molar-refractivity contribution in [1.82, 2.24) is 14.9 Å². The fourth-order valence-corrected chi connectivity index (χ4v) is 3.70. The molecule has 0 bridgehead atoms. The number of fused-ring (bicyclic) bond motifs is 1. The molecular formula is C17H24N4O4S. The van der Waals surface area contributed by atoms with Gasteiger partial charge in [-0.1, -0.05) is 32.4 Å². The van der Waals surface area contributed by atoms with Crippen LogP contribution in [-0.4, -0.2) is 57.6 Å². The number of hydrogen-bond donors (Lipinski definition) is 2. The zero-order valence-corrected chi connectivity index (χ0v) is 16.1. The highest BCUT2D eigenvalue weighted by Crippen LogP contribution is 2.24. The smallest absolute Gasteiger partial charge is 0.263 e. The zero-order valence-electron chi connectivity index (χ0n) is 15.3. The molecule has 0 saturated carbocycles. The summed E-state index contributed by atoms with van der Waals surface area (Å²) in [5.74, 6) is -0.624. The van der Waals surface area contributed by atoms with E-state index in [1.54, 1.807) is 32.3 Å². The van der Waals surface area contributed by atoms with Crippen LogP contribution < -0.4 is 10.0 Å². The fourth-order valence-electron chi connectivity index (χ4n) is 2.46.